The Balaban J connectivity index is 1.63. The summed E-state index contributed by atoms with van der Waals surface area (Å²) in [5, 5.41) is 2.42. The van der Waals surface area contributed by atoms with Gasteiger partial charge in [0.15, 0.2) is 0 Å². The lowest BCUT2D eigenvalue weighted by atomic mass is 10.1. The molecule has 0 N–H and O–H groups in total. The number of rotatable bonds is 2. The van der Waals surface area contributed by atoms with Gasteiger partial charge >= 0.3 is 0 Å². The van der Waals surface area contributed by atoms with E-state index in [1.807, 2.05) is 12.1 Å². The predicted octanol–water partition coefficient (Wildman–Crippen LogP) is 3.33. The van der Waals surface area contributed by atoms with Crippen LogP contribution in [0.15, 0.2) is 46.9 Å². The Labute approximate surface area is 124 Å². The molecule has 1 saturated heterocycles. The average molecular weight is 280 g/mol. The minimum Gasteiger partial charge on any atom is -0.456 e. The summed E-state index contributed by atoms with van der Waals surface area (Å²) in [6.07, 6.45) is 0. The number of hydrogen-bond donors (Lipinski definition) is 0. The van der Waals surface area contributed by atoms with Crippen LogP contribution in [0.1, 0.15) is 5.56 Å². The van der Waals surface area contributed by atoms with E-state index < -0.39 is 0 Å². The lowest BCUT2D eigenvalue weighted by Gasteiger charge is -2.32. The number of fused-ring (bicyclic) bond motifs is 3. The molecule has 3 nitrogen and oxygen atoms in total. The molecule has 0 atom stereocenters. The molecule has 0 saturated carbocycles. The highest BCUT2D eigenvalue weighted by Crippen LogP contribution is 2.29. The molecule has 108 valence electrons. The smallest absolute Gasteiger partial charge is 0.135 e. The van der Waals surface area contributed by atoms with Crippen molar-refractivity contribution in [3.8, 4) is 0 Å². The van der Waals surface area contributed by atoms with Crippen molar-refractivity contribution < 1.29 is 4.42 Å². The topological polar surface area (TPSA) is 19.6 Å². The van der Waals surface area contributed by atoms with Gasteiger partial charge in [-0.05, 0) is 24.7 Å². The molecule has 0 amide bonds. The van der Waals surface area contributed by atoms with E-state index in [1.54, 1.807) is 0 Å². The molecule has 1 aliphatic heterocycles. The fourth-order valence-corrected chi connectivity index (χ4v) is 3.13. The van der Waals surface area contributed by atoms with E-state index in [-0.39, 0.29) is 0 Å². The molecule has 3 heteroatoms. The van der Waals surface area contributed by atoms with Gasteiger partial charge < -0.3 is 9.32 Å². The van der Waals surface area contributed by atoms with Gasteiger partial charge in [0.25, 0.3) is 0 Å². The van der Waals surface area contributed by atoms with Gasteiger partial charge in [0.05, 0.1) is 0 Å². The lowest BCUT2D eigenvalue weighted by molar-refractivity contribution is 0.148. The molecule has 21 heavy (non-hydrogen) atoms. The van der Waals surface area contributed by atoms with Crippen molar-refractivity contribution in [3.63, 3.8) is 0 Å². The molecule has 1 fully saturated rings. The number of benzene rings is 2. The van der Waals surface area contributed by atoms with Crippen LogP contribution < -0.4 is 0 Å². The van der Waals surface area contributed by atoms with E-state index in [0.29, 0.717) is 0 Å². The van der Waals surface area contributed by atoms with Crippen molar-refractivity contribution in [1.29, 1.82) is 0 Å². The van der Waals surface area contributed by atoms with Gasteiger partial charge in [0.2, 0.25) is 0 Å². The van der Waals surface area contributed by atoms with Crippen LogP contribution in [-0.4, -0.2) is 43.0 Å². The van der Waals surface area contributed by atoms with Gasteiger partial charge in [-0.25, -0.2) is 0 Å². The molecule has 3 aromatic rings. The molecule has 0 unspecified atom stereocenters. The first-order valence-electron chi connectivity index (χ1n) is 7.61. The Kier molecular flexibility index (Phi) is 3.17. The minimum absolute atomic E-state index is 0.976. The maximum Gasteiger partial charge on any atom is 0.135 e. The highest BCUT2D eigenvalue weighted by Gasteiger charge is 2.14. The van der Waals surface area contributed by atoms with E-state index in [1.165, 1.54) is 16.3 Å². The summed E-state index contributed by atoms with van der Waals surface area (Å²) in [6.45, 7) is 5.63. The Morgan fingerprint density at radius 3 is 2.52 bits per heavy atom. The van der Waals surface area contributed by atoms with Crippen LogP contribution in [-0.2, 0) is 6.54 Å². The summed E-state index contributed by atoms with van der Waals surface area (Å²) in [6, 6.07) is 14.9. The van der Waals surface area contributed by atoms with E-state index >= 15 is 0 Å². The van der Waals surface area contributed by atoms with Gasteiger partial charge in [0, 0.05) is 43.5 Å². The summed E-state index contributed by atoms with van der Waals surface area (Å²) in [7, 11) is 2.19. The second kappa shape index (κ2) is 5.17. The van der Waals surface area contributed by atoms with Crippen molar-refractivity contribution >= 4 is 21.9 Å². The second-order valence-electron chi connectivity index (χ2n) is 6.01. The zero-order valence-corrected chi connectivity index (χ0v) is 12.4. The van der Waals surface area contributed by atoms with Gasteiger partial charge in [-0.3, -0.25) is 4.90 Å². The van der Waals surface area contributed by atoms with Crippen molar-refractivity contribution in [2.75, 3.05) is 33.2 Å². The third kappa shape index (κ3) is 2.43. The lowest BCUT2D eigenvalue weighted by Crippen LogP contribution is -2.43. The Morgan fingerprint density at radius 1 is 0.905 bits per heavy atom. The second-order valence-corrected chi connectivity index (χ2v) is 6.01. The summed E-state index contributed by atoms with van der Waals surface area (Å²) in [5.41, 5.74) is 3.32. The Hall–Kier alpha value is -1.84. The first-order valence-corrected chi connectivity index (χ1v) is 7.61. The molecule has 2 aromatic carbocycles. The van der Waals surface area contributed by atoms with Crippen LogP contribution in [0.25, 0.3) is 21.9 Å². The number of hydrogen-bond acceptors (Lipinski definition) is 3. The quantitative estimate of drug-likeness (QED) is 0.718. The molecule has 0 bridgehead atoms. The third-order valence-corrected chi connectivity index (χ3v) is 4.45. The molecule has 1 aromatic heterocycles. The number of para-hydroxylation sites is 1. The molecule has 4 rings (SSSR count). The molecular weight excluding hydrogens is 260 g/mol. The number of furan rings is 1. The highest BCUT2D eigenvalue weighted by atomic mass is 16.3. The average Bonchev–Trinajstić information content (AvgIpc) is 2.87. The van der Waals surface area contributed by atoms with Crippen molar-refractivity contribution in [1.82, 2.24) is 9.80 Å². The Morgan fingerprint density at radius 2 is 1.67 bits per heavy atom. The monoisotopic (exact) mass is 280 g/mol. The fourth-order valence-electron chi connectivity index (χ4n) is 3.13. The Bertz CT molecular complexity index is 769. The van der Waals surface area contributed by atoms with Gasteiger partial charge in [-0.15, -0.1) is 0 Å². The van der Waals surface area contributed by atoms with Gasteiger partial charge in [-0.1, -0.05) is 30.3 Å². The number of piperazine rings is 1. The van der Waals surface area contributed by atoms with Crippen LogP contribution in [0.4, 0.5) is 0 Å². The molecule has 1 aliphatic rings. The summed E-state index contributed by atoms with van der Waals surface area (Å²) < 4.78 is 5.97. The van der Waals surface area contributed by atoms with Gasteiger partial charge in [0.1, 0.15) is 11.2 Å². The first-order chi connectivity index (χ1) is 10.3. The normalized spacial score (nSPS) is 17.8. The fraction of sp³-hybridized carbons (Fsp3) is 0.333. The van der Waals surface area contributed by atoms with Crippen molar-refractivity contribution in [3.05, 3.63) is 48.0 Å². The van der Waals surface area contributed by atoms with Crippen molar-refractivity contribution in [2.24, 2.45) is 0 Å². The van der Waals surface area contributed by atoms with Crippen LogP contribution in [0, 0.1) is 0 Å². The number of nitrogens with zero attached hydrogens (tertiary/aromatic N) is 2. The van der Waals surface area contributed by atoms with E-state index in [4.69, 9.17) is 4.42 Å². The van der Waals surface area contributed by atoms with E-state index in [2.05, 4.69) is 47.2 Å². The van der Waals surface area contributed by atoms with Crippen LogP contribution in [0.2, 0.25) is 0 Å². The molecule has 0 radical (unpaired) electrons. The van der Waals surface area contributed by atoms with E-state index in [9.17, 15) is 0 Å². The summed E-state index contributed by atoms with van der Waals surface area (Å²) in [4.78, 5) is 4.91. The van der Waals surface area contributed by atoms with Crippen molar-refractivity contribution in [2.45, 2.75) is 6.54 Å². The number of likely N-dealkylation sites (N-methyl/N-ethyl adjacent to an activating group) is 1. The standard InChI is InChI=1S/C18H20N2O/c1-19-8-10-20(11-9-19)13-14-6-7-16-15-4-2-3-5-17(15)21-18(16)12-14/h2-7,12H,8-11,13H2,1H3. The maximum absolute atomic E-state index is 5.97. The van der Waals surface area contributed by atoms with E-state index in [0.717, 1.165) is 43.9 Å². The molecule has 2 heterocycles. The molecule has 0 aliphatic carbocycles. The minimum atomic E-state index is 0.976. The highest BCUT2D eigenvalue weighted by molar-refractivity contribution is 6.04. The van der Waals surface area contributed by atoms with Gasteiger partial charge in [-0.2, -0.15) is 0 Å². The summed E-state index contributed by atoms with van der Waals surface area (Å²) in [5.74, 6) is 0. The third-order valence-electron chi connectivity index (χ3n) is 4.45. The zero-order valence-electron chi connectivity index (χ0n) is 12.4. The maximum atomic E-state index is 5.97. The van der Waals surface area contributed by atoms with Crippen LogP contribution in [0.3, 0.4) is 0 Å². The SMILES string of the molecule is CN1CCN(Cc2ccc3c(c2)oc2ccccc23)CC1. The first kappa shape index (κ1) is 12.9. The largest absolute Gasteiger partial charge is 0.456 e. The van der Waals surface area contributed by atoms with Crippen LogP contribution in [0.5, 0.6) is 0 Å². The zero-order chi connectivity index (χ0) is 14.2. The summed E-state index contributed by atoms with van der Waals surface area (Å²) >= 11 is 0. The predicted molar refractivity (Wildman–Crippen MR) is 86.5 cm³/mol. The van der Waals surface area contributed by atoms with Crippen LogP contribution >= 0.6 is 0 Å². The molecule has 0 spiro atoms. The molecular formula is C18H20N2O.